The Bertz CT molecular complexity index is 576. The lowest BCUT2D eigenvalue weighted by atomic mass is 9.84. The molecular formula is C17H25N3O3. The van der Waals surface area contributed by atoms with Gasteiger partial charge in [-0.25, -0.2) is 0 Å². The zero-order chi connectivity index (χ0) is 16.0. The summed E-state index contributed by atoms with van der Waals surface area (Å²) in [6.45, 7) is 7.96. The van der Waals surface area contributed by atoms with E-state index in [0.717, 1.165) is 57.1 Å². The average Bonchev–Trinajstić information content (AvgIpc) is 3.04. The number of aryl methyl sites for hydroxylation is 2. The monoisotopic (exact) mass is 319 g/mol. The number of fused-ring (bicyclic) bond motifs is 1. The van der Waals surface area contributed by atoms with Gasteiger partial charge in [-0.05, 0) is 26.7 Å². The molecule has 2 atom stereocenters. The molecule has 0 radical (unpaired) electrons. The topological polar surface area (TPSA) is 58.8 Å². The van der Waals surface area contributed by atoms with Crippen LogP contribution in [-0.4, -0.2) is 59.3 Å². The van der Waals surface area contributed by atoms with Crippen LogP contribution in [0.2, 0.25) is 0 Å². The molecule has 1 aromatic heterocycles. The quantitative estimate of drug-likeness (QED) is 0.845. The second-order valence-electron chi connectivity index (χ2n) is 7.12. The van der Waals surface area contributed by atoms with E-state index >= 15 is 0 Å². The number of hydrogen-bond acceptors (Lipinski definition) is 5. The Kier molecular flexibility index (Phi) is 3.89. The lowest BCUT2D eigenvalue weighted by Crippen LogP contribution is -2.50. The van der Waals surface area contributed by atoms with E-state index in [9.17, 15) is 4.79 Å². The molecule has 2 saturated heterocycles. The Labute approximate surface area is 136 Å². The number of ether oxygens (including phenoxy) is 1. The zero-order valence-corrected chi connectivity index (χ0v) is 14.0. The van der Waals surface area contributed by atoms with Crippen molar-refractivity contribution in [3.8, 4) is 0 Å². The Hall–Kier alpha value is -1.40. The van der Waals surface area contributed by atoms with Crippen molar-refractivity contribution >= 4 is 5.91 Å². The van der Waals surface area contributed by atoms with Gasteiger partial charge in [0.05, 0.1) is 24.4 Å². The van der Waals surface area contributed by atoms with Crippen LogP contribution in [0.1, 0.15) is 36.3 Å². The minimum atomic E-state index is 0.147. The summed E-state index contributed by atoms with van der Waals surface area (Å²) in [5, 5.41) is 4.05. The molecule has 6 nitrogen and oxygen atoms in total. The van der Waals surface area contributed by atoms with Crippen molar-refractivity contribution in [2.45, 2.75) is 51.8 Å². The lowest BCUT2D eigenvalue weighted by molar-refractivity contribution is -0.137. The van der Waals surface area contributed by atoms with Crippen molar-refractivity contribution in [1.29, 1.82) is 0 Å². The summed E-state index contributed by atoms with van der Waals surface area (Å²) in [5.41, 5.74) is 2.14. The predicted molar refractivity (Wildman–Crippen MR) is 83.8 cm³/mol. The van der Waals surface area contributed by atoms with Gasteiger partial charge < -0.3 is 14.2 Å². The van der Waals surface area contributed by atoms with Crippen LogP contribution in [0.15, 0.2) is 4.52 Å². The third-order valence-corrected chi connectivity index (χ3v) is 5.72. The normalized spacial score (nSPS) is 28.7. The maximum Gasteiger partial charge on any atom is 0.225 e. The molecule has 2 aliphatic heterocycles. The summed E-state index contributed by atoms with van der Waals surface area (Å²) < 4.78 is 11.2. The summed E-state index contributed by atoms with van der Waals surface area (Å²) in [5.74, 6) is 1.50. The first-order valence-corrected chi connectivity index (χ1v) is 8.69. The van der Waals surface area contributed by atoms with Crippen molar-refractivity contribution in [3.05, 3.63) is 17.0 Å². The highest BCUT2D eigenvalue weighted by atomic mass is 16.5. The van der Waals surface area contributed by atoms with Gasteiger partial charge in [-0.3, -0.25) is 9.69 Å². The molecule has 1 saturated carbocycles. The SMILES string of the molecule is Cc1noc(C)c1CN1CCO[C@H]2CN(C(=O)C3CCC3)C[C@H]21. The fourth-order valence-electron chi connectivity index (χ4n) is 3.98. The van der Waals surface area contributed by atoms with Crippen LogP contribution in [0.4, 0.5) is 0 Å². The lowest BCUT2D eigenvalue weighted by Gasteiger charge is -2.36. The first-order valence-electron chi connectivity index (χ1n) is 8.69. The van der Waals surface area contributed by atoms with E-state index in [0.29, 0.717) is 11.9 Å². The molecule has 3 aliphatic rings. The molecule has 3 fully saturated rings. The van der Waals surface area contributed by atoms with Crippen molar-refractivity contribution in [1.82, 2.24) is 15.0 Å². The molecular weight excluding hydrogens is 294 g/mol. The molecule has 4 rings (SSSR count). The molecule has 0 N–H and O–H groups in total. The fourth-order valence-corrected chi connectivity index (χ4v) is 3.98. The highest BCUT2D eigenvalue weighted by molar-refractivity contribution is 5.80. The van der Waals surface area contributed by atoms with Crippen LogP contribution in [0.25, 0.3) is 0 Å². The van der Waals surface area contributed by atoms with Gasteiger partial charge in [0.15, 0.2) is 0 Å². The number of amides is 1. The second-order valence-corrected chi connectivity index (χ2v) is 7.12. The minimum Gasteiger partial charge on any atom is -0.373 e. The van der Waals surface area contributed by atoms with Crippen molar-refractivity contribution < 1.29 is 14.1 Å². The number of rotatable bonds is 3. The third kappa shape index (κ3) is 2.68. The molecule has 1 aromatic rings. The van der Waals surface area contributed by atoms with Gasteiger partial charge in [0, 0.05) is 37.7 Å². The van der Waals surface area contributed by atoms with Gasteiger partial charge in [0.2, 0.25) is 5.91 Å². The summed E-state index contributed by atoms with van der Waals surface area (Å²) >= 11 is 0. The number of likely N-dealkylation sites (tertiary alicyclic amines) is 1. The predicted octanol–water partition coefficient (Wildman–Crippen LogP) is 1.50. The third-order valence-electron chi connectivity index (χ3n) is 5.72. The van der Waals surface area contributed by atoms with Crippen LogP contribution < -0.4 is 0 Å². The van der Waals surface area contributed by atoms with Gasteiger partial charge >= 0.3 is 0 Å². The highest BCUT2D eigenvalue weighted by Gasteiger charge is 2.43. The second kappa shape index (κ2) is 5.91. The maximum atomic E-state index is 12.5. The van der Waals surface area contributed by atoms with E-state index in [4.69, 9.17) is 9.26 Å². The van der Waals surface area contributed by atoms with E-state index in [2.05, 4.69) is 10.1 Å². The van der Waals surface area contributed by atoms with Crippen LogP contribution in [-0.2, 0) is 16.1 Å². The number of morpholine rings is 1. The standard InChI is InChI=1S/C17H25N3O3/c1-11-14(12(2)23-18-11)8-19-6-7-22-16-10-20(9-15(16)19)17(21)13-4-3-5-13/h13,15-16H,3-10H2,1-2H3/t15-,16+/m1/s1. The van der Waals surface area contributed by atoms with E-state index in [1.54, 1.807) is 0 Å². The molecule has 1 amide bonds. The molecule has 0 bridgehead atoms. The number of carbonyl (C=O) groups excluding carboxylic acids is 1. The number of hydrogen-bond donors (Lipinski definition) is 0. The summed E-state index contributed by atoms with van der Waals surface area (Å²) in [4.78, 5) is 17.0. The minimum absolute atomic E-state index is 0.147. The largest absolute Gasteiger partial charge is 0.373 e. The van der Waals surface area contributed by atoms with Crippen molar-refractivity contribution in [2.24, 2.45) is 5.92 Å². The van der Waals surface area contributed by atoms with Crippen molar-refractivity contribution in [3.63, 3.8) is 0 Å². The van der Waals surface area contributed by atoms with Gasteiger partial charge in [-0.2, -0.15) is 0 Å². The molecule has 0 spiro atoms. The smallest absolute Gasteiger partial charge is 0.225 e. The Balaban J connectivity index is 1.46. The van der Waals surface area contributed by atoms with E-state index in [1.807, 2.05) is 18.7 Å². The van der Waals surface area contributed by atoms with Gasteiger partial charge in [0.1, 0.15) is 5.76 Å². The van der Waals surface area contributed by atoms with Crippen LogP contribution in [0, 0.1) is 19.8 Å². The molecule has 6 heteroatoms. The highest BCUT2D eigenvalue weighted by Crippen LogP contribution is 2.32. The Morgan fingerprint density at radius 3 is 2.78 bits per heavy atom. The first kappa shape index (κ1) is 15.1. The summed E-state index contributed by atoms with van der Waals surface area (Å²) in [7, 11) is 0. The number of nitrogens with zero attached hydrogens (tertiary/aromatic N) is 3. The first-order chi connectivity index (χ1) is 11.1. The molecule has 0 unspecified atom stereocenters. The maximum absolute atomic E-state index is 12.5. The van der Waals surface area contributed by atoms with E-state index in [-0.39, 0.29) is 12.0 Å². The fraction of sp³-hybridized carbons (Fsp3) is 0.765. The van der Waals surface area contributed by atoms with Gasteiger partial charge in [-0.1, -0.05) is 11.6 Å². The average molecular weight is 319 g/mol. The number of aromatic nitrogens is 1. The van der Waals surface area contributed by atoms with Gasteiger partial charge in [-0.15, -0.1) is 0 Å². The zero-order valence-electron chi connectivity index (χ0n) is 14.0. The van der Waals surface area contributed by atoms with Crippen LogP contribution >= 0.6 is 0 Å². The van der Waals surface area contributed by atoms with E-state index < -0.39 is 0 Å². The van der Waals surface area contributed by atoms with Gasteiger partial charge in [0.25, 0.3) is 0 Å². The Morgan fingerprint density at radius 2 is 2.13 bits per heavy atom. The molecule has 1 aliphatic carbocycles. The summed E-state index contributed by atoms with van der Waals surface area (Å²) in [6, 6.07) is 0.293. The van der Waals surface area contributed by atoms with Crippen LogP contribution in [0.5, 0.6) is 0 Å². The molecule has 0 aromatic carbocycles. The Morgan fingerprint density at radius 1 is 1.30 bits per heavy atom. The molecule has 23 heavy (non-hydrogen) atoms. The van der Waals surface area contributed by atoms with Crippen LogP contribution in [0.3, 0.4) is 0 Å². The summed E-state index contributed by atoms with van der Waals surface area (Å²) in [6.07, 6.45) is 3.47. The number of carbonyl (C=O) groups is 1. The van der Waals surface area contributed by atoms with Crippen molar-refractivity contribution in [2.75, 3.05) is 26.2 Å². The molecule has 126 valence electrons. The van der Waals surface area contributed by atoms with E-state index in [1.165, 1.54) is 12.0 Å². The molecule has 3 heterocycles.